The summed E-state index contributed by atoms with van der Waals surface area (Å²) in [5.41, 5.74) is 2.88. The van der Waals surface area contributed by atoms with Gasteiger partial charge in [-0.3, -0.25) is 9.59 Å². The van der Waals surface area contributed by atoms with Crippen LogP contribution in [0.2, 0.25) is 0 Å². The van der Waals surface area contributed by atoms with E-state index in [-0.39, 0.29) is 29.6 Å². The van der Waals surface area contributed by atoms with Gasteiger partial charge in [-0.25, -0.2) is 4.98 Å². The summed E-state index contributed by atoms with van der Waals surface area (Å²) in [7, 11) is 1.59. The summed E-state index contributed by atoms with van der Waals surface area (Å²) in [5, 5.41) is 6.07. The molecule has 6 nitrogen and oxygen atoms in total. The highest BCUT2D eigenvalue weighted by molar-refractivity contribution is 7.09. The molecule has 29 heavy (non-hydrogen) atoms. The normalized spacial score (nSPS) is 16.9. The SMILES string of the molecule is COc1ccc(C)cc1N1C[C@@H](C(=O)NCCc2nc(C(C)(C)C)cs2)CC1=O. The van der Waals surface area contributed by atoms with Gasteiger partial charge >= 0.3 is 0 Å². The number of hydrogen-bond donors (Lipinski definition) is 1. The van der Waals surface area contributed by atoms with Crippen LogP contribution in [0.1, 0.15) is 43.5 Å². The molecule has 1 atom stereocenters. The fourth-order valence-corrected chi connectivity index (χ4v) is 4.36. The molecule has 1 aliphatic rings. The molecular weight excluding hydrogens is 386 g/mol. The largest absolute Gasteiger partial charge is 0.495 e. The summed E-state index contributed by atoms with van der Waals surface area (Å²) in [6.45, 7) is 9.28. The average molecular weight is 416 g/mol. The van der Waals surface area contributed by atoms with E-state index in [1.54, 1.807) is 23.3 Å². The molecule has 0 unspecified atom stereocenters. The highest BCUT2D eigenvalue weighted by Crippen LogP contribution is 2.34. The van der Waals surface area contributed by atoms with Crippen LogP contribution in [0, 0.1) is 12.8 Å². The fourth-order valence-electron chi connectivity index (χ4n) is 3.33. The van der Waals surface area contributed by atoms with Gasteiger partial charge in [-0.05, 0) is 24.6 Å². The predicted octanol–water partition coefficient (Wildman–Crippen LogP) is 3.47. The zero-order chi connectivity index (χ0) is 21.2. The van der Waals surface area contributed by atoms with E-state index in [0.29, 0.717) is 25.3 Å². The van der Waals surface area contributed by atoms with Crippen LogP contribution in [0.5, 0.6) is 5.75 Å². The number of rotatable bonds is 6. The highest BCUT2D eigenvalue weighted by Gasteiger charge is 2.36. The number of methoxy groups -OCH3 is 1. The lowest BCUT2D eigenvalue weighted by Gasteiger charge is -2.20. The summed E-state index contributed by atoms with van der Waals surface area (Å²) in [6, 6.07) is 5.72. The third kappa shape index (κ3) is 4.96. The number of nitrogens with one attached hydrogen (secondary N) is 1. The Morgan fingerprint density at radius 3 is 2.79 bits per heavy atom. The van der Waals surface area contributed by atoms with Crippen molar-refractivity contribution in [1.29, 1.82) is 0 Å². The Morgan fingerprint density at radius 1 is 1.38 bits per heavy atom. The first-order valence-corrected chi connectivity index (χ1v) is 10.7. The Balaban J connectivity index is 1.57. The van der Waals surface area contributed by atoms with Crippen LogP contribution < -0.4 is 15.0 Å². The van der Waals surface area contributed by atoms with Gasteiger partial charge in [-0.1, -0.05) is 26.8 Å². The van der Waals surface area contributed by atoms with Gasteiger partial charge in [0.2, 0.25) is 11.8 Å². The topological polar surface area (TPSA) is 71.5 Å². The van der Waals surface area contributed by atoms with E-state index in [0.717, 1.165) is 22.0 Å². The van der Waals surface area contributed by atoms with Crippen LogP contribution in [-0.2, 0) is 21.4 Å². The number of anilines is 1. The maximum absolute atomic E-state index is 12.6. The molecule has 0 aliphatic carbocycles. The lowest BCUT2D eigenvalue weighted by Crippen LogP contribution is -2.34. The zero-order valence-corrected chi connectivity index (χ0v) is 18.6. The number of benzene rings is 1. The number of nitrogens with zero attached hydrogens (tertiary/aromatic N) is 2. The van der Waals surface area contributed by atoms with E-state index in [1.807, 2.05) is 25.1 Å². The van der Waals surface area contributed by atoms with Gasteiger partial charge in [-0.15, -0.1) is 11.3 Å². The lowest BCUT2D eigenvalue weighted by molar-refractivity contribution is -0.126. The van der Waals surface area contributed by atoms with Gasteiger partial charge in [0.05, 0.1) is 29.4 Å². The second-order valence-corrected chi connectivity index (χ2v) is 9.44. The van der Waals surface area contributed by atoms with Crippen molar-refractivity contribution < 1.29 is 14.3 Å². The summed E-state index contributed by atoms with van der Waals surface area (Å²) in [4.78, 5) is 31.5. The lowest BCUT2D eigenvalue weighted by atomic mass is 9.93. The number of carbonyl (C=O) groups excluding carboxylic acids is 2. The van der Waals surface area contributed by atoms with Crippen LogP contribution in [0.15, 0.2) is 23.6 Å². The standard InChI is InChI=1S/C22H29N3O3S/c1-14-6-7-17(28-5)16(10-14)25-12-15(11-20(25)26)21(27)23-9-8-19-24-18(13-29-19)22(2,3)4/h6-7,10,13,15H,8-9,11-12H2,1-5H3,(H,23,27)/t15-/m0/s1. The van der Waals surface area contributed by atoms with E-state index in [1.165, 1.54) is 0 Å². The number of aryl methyl sites for hydroxylation is 1. The smallest absolute Gasteiger partial charge is 0.227 e. The number of aromatic nitrogens is 1. The number of hydrogen-bond acceptors (Lipinski definition) is 5. The van der Waals surface area contributed by atoms with Gasteiger partial charge in [0.15, 0.2) is 0 Å². The average Bonchev–Trinajstić information content (AvgIpc) is 3.28. The quantitative estimate of drug-likeness (QED) is 0.784. The molecule has 0 radical (unpaired) electrons. The summed E-state index contributed by atoms with van der Waals surface area (Å²) in [5.74, 6) is 0.154. The third-order valence-corrected chi connectivity index (χ3v) is 5.99. The van der Waals surface area contributed by atoms with Crippen molar-refractivity contribution in [3.05, 3.63) is 39.8 Å². The maximum Gasteiger partial charge on any atom is 0.227 e. The van der Waals surface area contributed by atoms with Gasteiger partial charge in [-0.2, -0.15) is 0 Å². The van der Waals surface area contributed by atoms with Crippen molar-refractivity contribution in [3.8, 4) is 5.75 Å². The third-order valence-electron chi connectivity index (χ3n) is 5.08. The van der Waals surface area contributed by atoms with Crippen molar-refractivity contribution >= 4 is 28.8 Å². The molecule has 1 saturated heterocycles. The number of carbonyl (C=O) groups is 2. The Bertz CT molecular complexity index is 901. The van der Waals surface area contributed by atoms with E-state index < -0.39 is 0 Å². The van der Waals surface area contributed by atoms with E-state index in [9.17, 15) is 9.59 Å². The molecule has 0 spiro atoms. The second kappa shape index (κ2) is 8.53. The van der Waals surface area contributed by atoms with Crippen molar-refractivity contribution in [2.75, 3.05) is 25.1 Å². The minimum absolute atomic E-state index is 0.0303. The molecule has 3 rings (SSSR count). The minimum Gasteiger partial charge on any atom is -0.495 e. The van der Waals surface area contributed by atoms with E-state index in [4.69, 9.17) is 4.74 Å². The first-order chi connectivity index (χ1) is 13.7. The van der Waals surface area contributed by atoms with Gasteiger partial charge < -0.3 is 15.0 Å². The van der Waals surface area contributed by atoms with E-state index >= 15 is 0 Å². The van der Waals surface area contributed by atoms with Crippen molar-refractivity contribution in [2.24, 2.45) is 5.92 Å². The molecule has 7 heteroatoms. The molecule has 1 aliphatic heterocycles. The number of thiazole rings is 1. The van der Waals surface area contributed by atoms with E-state index in [2.05, 4.69) is 36.5 Å². The summed E-state index contributed by atoms with van der Waals surface area (Å²) < 4.78 is 5.40. The molecule has 156 valence electrons. The van der Waals surface area contributed by atoms with Gasteiger partial charge in [0.1, 0.15) is 5.75 Å². The van der Waals surface area contributed by atoms with Crippen molar-refractivity contribution in [1.82, 2.24) is 10.3 Å². The first kappa shape index (κ1) is 21.3. The van der Waals surface area contributed by atoms with Gasteiger partial charge in [0.25, 0.3) is 0 Å². The molecule has 0 bridgehead atoms. The van der Waals surface area contributed by atoms with Crippen LogP contribution in [0.3, 0.4) is 0 Å². The van der Waals surface area contributed by atoms with Gasteiger partial charge in [0, 0.05) is 36.7 Å². The molecular formula is C22H29N3O3S. The maximum atomic E-state index is 12.6. The van der Waals surface area contributed by atoms with Crippen molar-refractivity contribution in [3.63, 3.8) is 0 Å². The molecule has 1 N–H and O–H groups in total. The monoisotopic (exact) mass is 415 g/mol. The Morgan fingerprint density at radius 2 is 2.14 bits per heavy atom. The summed E-state index contributed by atoms with van der Waals surface area (Å²) in [6.07, 6.45) is 0.914. The molecule has 0 saturated carbocycles. The first-order valence-electron chi connectivity index (χ1n) is 9.86. The molecule has 2 aromatic rings. The predicted molar refractivity (Wildman–Crippen MR) is 116 cm³/mol. The van der Waals surface area contributed by atoms with Crippen molar-refractivity contribution in [2.45, 2.75) is 46.0 Å². The molecule has 1 aromatic carbocycles. The highest BCUT2D eigenvalue weighted by atomic mass is 32.1. The Hall–Kier alpha value is -2.41. The zero-order valence-electron chi connectivity index (χ0n) is 17.7. The molecule has 2 amide bonds. The molecule has 1 aromatic heterocycles. The number of amides is 2. The van der Waals surface area contributed by atoms with Crippen LogP contribution in [0.4, 0.5) is 5.69 Å². The molecule has 2 heterocycles. The Kier molecular flexibility index (Phi) is 6.27. The van der Waals surface area contributed by atoms with Crippen LogP contribution in [0.25, 0.3) is 0 Å². The fraction of sp³-hybridized carbons (Fsp3) is 0.500. The second-order valence-electron chi connectivity index (χ2n) is 8.50. The molecule has 1 fully saturated rings. The summed E-state index contributed by atoms with van der Waals surface area (Å²) >= 11 is 1.63. The van der Waals surface area contributed by atoms with Crippen LogP contribution in [-0.4, -0.2) is 37.0 Å². The minimum atomic E-state index is -0.353. The van der Waals surface area contributed by atoms with Crippen LogP contribution >= 0.6 is 11.3 Å². The number of ether oxygens (including phenoxy) is 1. The Labute approximate surface area is 176 Å².